The molecule has 0 bridgehead atoms. The predicted octanol–water partition coefficient (Wildman–Crippen LogP) is -0.257. The van der Waals surface area contributed by atoms with Gasteiger partial charge in [-0.15, -0.1) is 0 Å². The van der Waals surface area contributed by atoms with E-state index in [0.29, 0.717) is 21.9 Å². The first-order chi connectivity index (χ1) is 15.8. The molecule has 4 aromatic rings. The molecule has 0 heterocycles. The molecule has 0 aromatic heterocycles. The molecule has 36 heavy (non-hydrogen) atoms. The van der Waals surface area contributed by atoms with Crippen LogP contribution in [-0.2, 0) is 20.2 Å². The minimum absolute atomic E-state index is 0. The van der Waals surface area contributed by atoms with Crippen LogP contribution in [0.2, 0.25) is 0 Å². The minimum Gasteiger partial charge on any atom is -0.744 e. The number of hydrogen-bond acceptors (Lipinski definition) is 6. The normalized spacial score (nSPS) is 11.6. The molecule has 0 atom stereocenters. The van der Waals surface area contributed by atoms with E-state index in [2.05, 4.69) is 0 Å². The van der Waals surface area contributed by atoms with Crippen LogP contribution < -0.4 is 59.1 Å². The Labute approximate surface area is 257 Å². The maximum atomic E-state index is 11.4. The van der Waals surface area contributed by atoms with Crippen molar-refractivity contribution in [2.24, 2.45) is 0 Å². The molecular weight excluding hydrogens is 518 g/mol. The second kappa shape index (κ2) is 13.3. The van der Waals surface area contributed by atoms with Crippen molar-refractivity contribution in [3.05, 3.63) is 83.9 Å². The molecule has 10 heteroatoms. The van der Waals surface area contributed by atoms with Gasteiger partial charge in [-0.2, -0.15) is 0 Å². The first kappa shape index (κ1) is 33.2. The molecule has 0 aliphatic rings. The summed E-state index contributed by atoms with van der Waals surface area (Å²) in [5, 5.41) is 2.56. The maximum absolute atomic E-state index is 11.4. The summed E-state index contributed by atoms with van der Waals surface area (Å²) in [4.78, 5) is -0.156. The number of benzene rings is 4. The van der Waals surface area contributed by atoms with E-state index in [1.165, 1.54) is 0 Å². The van der Waals surface area contributed by atoms with Crippen LogP contribution >= 0.6 is 0 Å². The summed E-state index contributed by atoms with van der Waals surface area (Å²) in [6.45, 7) is 7.50. The third kappa shape index (κ3) is 7.63. The van der Waals surface area contributed by atoms with E-state index in [1.807, 2.05) is 52.0 Å². The molecule has 0 fully saturated rings. The first-order valence-corrected chi connectivity index (χ1v) is 13.6. The fraction of sp³-hybridized carbons (Fsp3) is 0.231. The molecule has 180 valence electrons. The van der Waals surface area contributed by atoms with Crippen LogP contribution in [0.15, 0.2) is 82.6 Å². The summed E-state index contributed by atoms with van der Waals surface area (Å²) < 4.78 is 68.5. The van der Waals surface area contributed by atoms with Crippen molar-refractivity contribution in [1.29, 1.82) is 0 Å². The summed E-state index contributed by atoms with van der Waals surface area (Å²) in [6.07, 6.45) is 0. The Balaban J connectivity index is 0.000000341. The fourth-order valence-corrected chi connectivity index (χ4v) is 6.08. The van der Waals surface area contributed by atoms with E-state index in [1.54, 1.807) is 48.5 Å². The maximum Gasteiger partial charge on any atom is 1.00 e. The average Bonchev–Trinajstić information content (AvgIpc) is 2.76. The standard InChI is InChI=1S/2C13H14O3S.2Na/c2*1-9(2)11-8-7-10-5-3-4-6-12(10)13(11)17(14,15)16;;/h2*3-9H,1-2H3,(H,14,15,16);;/q;;2*+1/p-2. The number of hydrogen-bond donors (Lipinski definition) is 0. The molecule has 0 spiro atoms. The zero-order valence-corrected chi connectivity index (χ0v) is 27.0. The van der Waals surface area contributed by atoms with Crippen LogP contribution in [0.1, 0.15) is 50.7 Å². The molecule has 0 aliphatic heterocycles. The van der Waals surface area contributed by atoms with Crippen molar-refractivity contribution in [3.8, 4) is 0 Å². The Hall–Kier alpha value is -0.780. The molecule has 0 saturated carbocycles. The molecule has 6 nitrogen and oxygen atoms in total. The molecular formula is C26H26Na2O6S2. The van der Waals surface area contributed by atoms with Crippen LogP contribution in [0.3, 0.4) is 0 Å². The van der Waals surface area contributed by atoms with Gasteiger partial charge in [0.2, 0.25) is 0 Å². The van der Waals surface area contributed by atoms with Gasteiger partial charge < -0.3 is 9.11 Å². The van der Waals surface area contributed by atoms with Crippen molar-refractivity contribution in [3.63, 3.8) is 0 Å². The minimum atomic E-state index is -4.46. The monoisotopic (exact) mass is 544 g/mol. The molecule has 0 aliphatic carbocycles. The Bertz CT molecular complexity index is 1450. The molecule has 4 rings (SSSR count). The summed E-state index contributed by atoms with van der Waals surface area (Å²) >= 11 is 0. The Kier molecular flexibility index (Phi) is 12.3. The third-order valence-corrected chi connectivity index (χ3v) is 7.48. The summed E-state index contributed by atoms with van der Waals surface area (Å²) in [6, 6.07) is 21.2. The summed E-state index contributed by atoms with van der Waals surface area (Å²) in [5.41, 5.74) is 1.16. The van der Waals surface area contributed by atoms with E-state index in [9.17, 15) is 25.9 Å². The van der Waals surface area contributed by atoms with Crippen molar-refractivity contribution in [2.75, 3.05) is 0 Å². The van der Waals surface area contributed by atoms with Gasteiger partial charge in [0, 0.05) is 0 Å². The van der Waals surface area contributed by atoms with Crippen molar-refractivity contribution in [2.45, 2.75) is 49.3 Å². The second-order valence-corrected chi connectivity index (χ2v) is 11.3. The second-order valence-electron chi connectivity index (χ2n) is 8.63. The third-order valence-electron chi connectivity index (χ3n) is 5.56. The first-order valence-electron chi connectivity index (χ1n) is 10.8. The van der Waals surface area contributed by atoms with Crippen LogP contribution in [0.4, 0.5) is 0 Å². The van der Waals surface area contributed by atoms with Gasteiger partial charge in [-0.1, -0.05) is 100 Å². The zero-order chi connectivity index (χ0) is 25.3. The SMILES string of the molecule is CC(C)c1ccc2ccccc2c1S(=O)(=O)[O-].CC(C)c1ccc2ccccc2c1S(=O)(=O)[O-].[Na+].[Na+]. The molecule has 4 aromatic carbocycles. The van der Waals surface area contributed by atoms with Crippen molar-refractivity contribution < 1.29 is 85.1 Å². The fourth-order valence-electron chi connectivity index (χ4n) is 3.99. The van der Waals surface area contributed by atoms with Gasteiger partial charge in [0.25, 0.3) is 0 Å². The number of fused-ring (bicyclic) bond motifs is 2. The zero-order valence-electron chi connectivity index (χ0n) is 21.3. The average molecular weight is 545 g/mol. The Morgan fingerprint density at radius 3 is 1.11 bits per heavy atom. The summed E-state index contributed by atoms with van der Waals surface area (Å²) in [5.74, 6) is -0.00309. The largest absolute Gasteiger partial charge is 1.00 e. The molecule has 0 N–H and O–H groups in total. The van der Waals surface area contributed by atoms with Gasteiger partial charge in [-0.25, -0.2) is 16.8 Å². The topological polar surface area (TPSA) is 114 Å². The van der Waals surface area contributed by atoms with E-state index in [-0.39, 0.29) is 80.7 Å². The van der Waals surface area contributed by atoms with Gasteiger partial charge in [-0.05, 0) is 44.5 Å². The van der Waals surface area contributed by atoms with E-state index < -0.39 is 20.2 Å². The van der Waals surface area contributed by atoms with E-state index in [0.717, 1.165) is 10.8 Å². The van der Waals surface area contributed by atoms with E-state index in [4.69, 9.17) is 0 Å². The molecule has 0 amide bonds. The summed E-state index contributed by atoms with van der Waals surface area (Å²) in [7, 11) is -8.91. The smallest absolute Gasteiger partial charge is 0.744 e. The van der Waals surface area contributed by atoms with Crippen LogP contribution in [0.5, 0.6) is 0 Å². The Morgan fingerprint density at radius 2 is 0.833 bits per heavy atom. The number of rotatable bonds is 4. The quantitative estimate of drug-likeness (QED) is 0.259. The predicted molar refractivity (Wildman–Crippen MR) is 132 cm³/mol. The van der Waals surface area contributed by atoms with Gasteiger partial charge >= 0.3 is 59.1 Å². The van der Waals surface area contributed by atoms with Crippen LogP contribution in [-0.4, -0.2) is 25.9 Å². The van der Waals surface area contributed by atoms with Gasteiger partial charge in [0.15, 0.2) is 0 Å². The molecule has 0 radical (unpaired) electrons. The Morgan fingerprint density at radius 1 is 0.528 bits per heavy atom. The van der Waals surface area contributed by atoms with Gasteiger partial charge in [-0.3, -0.25) is 0 Å². The van der Waals surface area contributed by atoms with Gasteiger partial charge in [0.1, 0.15) is 20.2 Å². The van der Waals surface area contributed by atoms with E-state index >= 15 is 0 Å². The molecule has 0 unspecified atom stereocenters. The van der Waals surface area contributed by atoms with Crippen LogP contribution in [0, 0.1) is 0 Å². The van der Waals surface area contributed by atoms with Gasteiger partial charge in [0.05, 0.1) is 9.79 Å². The van der Waals surface area contributed by atoms with Crippen molar-refractivity contribution >= 4 is 41.8 Å². The van der Waals surface area contributed by atoms with Crippen LogP contribution in [0.25, 0.3) is 21.5 Å². The van der Waals surface area contributed by atoms with Crippen molar-refractivity contribution in [1.82, 2.24) is 0 Å². The molecule has 0 saturated heterocycles.